The van der Waals surface area contributed by atoms with Crippen LogP contribution in [0.25, 0.3) is 0 Å². The van der Waals surface area contributed by atoms with Crippen molar-refractivity contribution in [3.63, 3.8) is 0 Å². The number of aliphatic hydroxyl groups is 2. The maximum atomic E-state index is 12.7. The van der Waals surface area contributed by atoms with Crippen molar-refractivity contribution in [2.24, 2.45) is 0 Å². The molecule has 2 N–H and O–H groups in total. The molecule has 128 valence electrons. The normalized spacial score (nSPS) is 16.2. The second kappa shape index (κ2) is 6.88. The Morgan fingerprint density at radius 2 is 1.04 bits per heavy atom. The van der Waals surface area contributed by atoms with Crippen LogP contribution in [0.5, 0.6) is 0 Å². The largest absolute Gasteiger partial charge is 0.382 e. The number of hydrogen-bond acceptors (Lipinski definition) is 3. The van der Waals surface area contributed by atoms with E-state index in [2.05, 4.69) is 0 Å². The lowest BCUT2D eigenvalue weighted by Crippen LogP contribution is -2.52. The molecule has 2 rings (SSSR count). The summed E-state index contributed by atoms with van der Waals surface area (Å²) in [6, 6.07) is 15.4. The third-order valence-corrected chi connectivity index (χ3v) is 4.32. The summed E-state index contributed by atoms with van der Waals surface area (Å²) in [7, 11) is 0. The van der Waals surface area contributed by atoms with Gasteiger partial charge in [-0.25, -0.2) is 0 Å². The lowest BCUT2D eigenvalue weighted by molar-refractivity contribution is -0.153. The van der Waals surface area contributed by atoms with Crippen molar-refractivity contribution in [1.29, 1.82) is 0 Å². The topological polar surface area (TPSA) is 57.5 Å². The van der Waals surface area contributed by atoms with Crippen molar-refractivity contribution in [3.8, 4) is 0 Å². The zero-order valence-corrected chi connectivity index (χ0v) is 14.8. The van der Waals surface area contributed by atoms with Crippen LogP contribution >= 0.6 is 0 Å². The number of benzene rings is 2. The Kier molecular flexibility index (Phi) is 5.26. The van der Waals surface area contributed by atoms with E-state index in [-0.39, 0.29) is 12.8 Å². The fourth-order valence-corrected chi connectivity index (χ4v) is 2.95. The van der Waals surface area contributed by atoms with E-state index in [0.29, 0.717) is 0 Å². The highest BCUT2D eigenvalue weighted by Gasteiger charge is 2.42. The van der Waals surface area contributed by atoms with Gasteiger partial charge in [-0.1, -0.05) is 59.7 Å². The van der Waals surface area contributed by atoms with Crippen molar-refractivity contribution in [1.82, 2.24) is 0 Å². The Balaban J connectivity index is 2.14. The van der Waals surface area contributed by atoms with Crippen molar-refractivity contribution in [2.75, 3.05) is 0 Å². The Morgan fingerprint density at radius 1 is 0.750 bits per heavy atom. The standard InChI is InChI=1S/C21H26O3/c1-15-5-9-17(10-6-15)13-20(3,23)19(22)21(4,24)14-18-11-7-16(2)8-12-18/h5-12,23-24H,13-14H2,1-4H3. The first-order valence-corrected chi connectivity index (χ1v) is 8.21. The smallest absolute Gasteiger partial charge is 0.195 e. The third-order valence-electron chi connectivity index (χ3n) is 4.32. The van der Waals surface area contributed by atoms with E-state index in [9.17, 15) is 15.0 Å². The molecule has 3 heteroatoms. The first kappa shape index (κ1) is 18.4. The summed E-state index contributed by atoms with van der Waals surface area (Å²) in [6.07, 6.45) is 0.353. The monoisotopic (exact) mass is 326 g/mol. The van der Waals surface area contributed by atoms with Gasteiger partial charge in [-0.05, 0) is 38.8 Å². The van der Waals surface area contributed by atoms with Crippen LogP contribution in [-0.4, -0.2) is 27.2 Å². The van der Waals surface area contributed by atoms with Crippen LogP contribution in [-0.2, 0) is 17.6 Å². The predicted molar refractivity (Wildman–Crippen MR) is 96.0 cm³/mol. The summed E-state index contributed by atoms with van der Waals surface area (Å²) >= 11 is 0. The minimum Gasteiger partial charge on any atom is -0.382 e. The van der Waals surface area contributed by atoms with Gasteiger partial charge in [-0.15, -0.1) is 0 Å². The maximum Gasteiger partial charge on any atom is 0.195 e. The molecule has 24 heavy (non-hydrogen) atoms. The summed E-state index contributed by atoms with van der Waals surface area (Å²) in [6.45, 7) is 6.91. The van der Waals surface area contributed by atoms with Gasteiger partial charge in [0.05, 0.1) is 0 Å². The van der Waals surface area contributed by atoms with E-state index in [1.165, 1.54) is 13.8 Å². The van der Waals surface area contributed by atoms with Gasteiger partial charge in [0.1, 0.15) is 11.2 Å². The molecule has 2 aromatic rings. The molecule has 0 saturated heterocycles. The van der Waals surface area contributed by atoms with Crippen molar-refractivity contribution in [2.45, 2.75) is 51.7 Å². The molecule has 3 nitrogen and oxygen atoms in total. The van der Waals surface area contributed by atoms with Gasteiger partial charge in [-0.3, -0.25) is 4.79 Å². The minimum absolute atomic E-state index is 0.177. The predicted octanol–water partition coefficient (Wildman–Crippen LogP) is 3.16. The number of carbonyl (C=O) groups excluding carboxylic acids is 1. The average Bonchev–Trinajstić information content (AvgIpc) is 2.51. The van der Waals surface area contributed by atoms with Crippen molar-refractivity contribution < 1.29 is 15.0 Å². The average molecular weight is 326 g/mol. The van der Waals surface area contributed by atoms with Crippen LogP contribution in [0.15, 0.2) is 48.5 Å². The Morgan fingerprint density at radius 3 is 1.33 bits per heavy atom. The lowest BCUT2D eigenvalue weighted by Gasteiger charge is -2.31. The molecule has 0 spiro atoms. The quantitative estimate of drug-likeness (QED) is 0.857. The molecule has 0 aliphatic carbocycles. The summed E-state index contributed by atoms with van der Waals surface area (Å²) in [5.74, 6) is -0.559. The van der Waals surface area contributed by atoms with E-state index >= 15 is 0 Å². The number of Topliss-reactive ketones (excluding diaryl/α,β-unsaturated/α-hetero) is 1. The zero-order chi connectivity index (χ0) is 18.0. The molecule has 0 fully saturated rings. The van der Waals surface area contributed by atoms with E-state index in [1.54, 1.807) is 0 Å². The molecule has 0 bridgehead atoms. The van der Waals surface area contributed by atoms with Crippen LogP contribution in [0.2, 0.25) is 0 Å². The summed E-state index contributed by atoms with van der Waals surface area (Å²) in [5.41, 5.74) is 0.731. The van der Waals surface area contributed by atoms with Gasteiger partial charge in [0.25, 0.3) is 0 Å². The number of carbonyl (C=O) groups is 1. The second-order valence-corrected chi connectivity index (χ2v) is 7.20. The summed E-state index contributed by atoms with van der Waals surface area (Å²) in [5, 5.41) is 21.3. The number of hydrogen-bond donors (Lipinski definition) is 2. The zero-order valence-electron chi connectivity index (χ0n) is 14.8. The molecule has 0 aromatic heterocycles. The molecular formula is C21H26O3. The second-order valence-electron chi connectivity index (χ2n) is 7.20. The van der Waals surface area contributed by atoms with E-state index in [1.807, 2.05) is 62.4 Å². The van der Waals surface area contributed by atoms with Crippen molar-refractivity contribution in [3.05, 3.63) is 70.8 Å². The highest BCUT2D eigenvalue weighted by Crippen LogP contribution is 2.24. The first-order chi connectivity index (χ1) is 11.1. The van der Waals surface area contributed by atoms with E-state index in [4.69, 9.17) is 0 Å². The SMILES string of the molecule is Cc1ccc(CC(C)(O)C(=O)C(C)(O)Cc2ccc(C)cc2)cc1. The first-order valence-electron chi connectivity index (χ1n) is 8.21. The van der Waals surface area contributed by atoms with Gasteiger partial charge < -0.3 is 10.2 Å². The maximum absolute atomic E-state index is 12.7. The van der Waals surface area contributed by atoms with Crippen LogP contribution in [0.1, 0.15) is 36.1 Å². The Hall–Kier alpha value is -1.97. The van der Waals surface area contributed by atoms with Gasteiger partial charge >= 0.3 is 0 Å². The molecule has 0 aliphatic rings. The van der Waals surface area contributed by atoms with Gasteiger partial charge in [0, 0.05) is 12.8 Å². The molecule has 0 radical (unpaired) electrons. The van der Waals surface area contributed by atoms with Crippen molar-refractivity contribution >= 4 is 5.78 Å². The van der Waals surface area contributed by atoms with Gasteiger partial charge in [0.15, 0.2) is 5.78 Å². The van der Waals surface area contributed by atoms with Gasteiger partial charge in [-0.2, -0.15) is 0 Å². The van der Waals surface area contributed by atoms with E-state index in [0.717, 1.165) is 22.3 Å². The Labute approximate surface area is 144 Å². The Bertz CT molecular complexity index is 633. The third kappa shape index (κ3) is 4.53. The molecule has 2 atom stereocenters. The fourth-order valence-electron chi connectivity index (χ4n) is 2.95. The molecule has 2 aromatic carbocycles. The highest BCUT2D eigenvalue weighted by atomic mass is 16.3. The minimum atomic E-state index is -1.62. The number of aryl methyl sites for hydroxylation is 2. The molecule has 2 unspecified atom stereocenters. The van der Waals surface area contributed by atoms with Gasteiger partial charge in [0.2, 0.25) is 0 Å². The summed E-state index contributed by atoms with van der Waals surface area (Å²) < 4.78 is 0. The van der Waals surface area contributed by atoms with Crippen LogP contribution in [0.4, 0.5) is 0 Å². The number of ketones is 1. The molecule has 0 saturated carbocycles. The highest BCUT2D eigenvalue weighted by molar-refractivity contribution is 5.94. The van der Waals surface area contributed by atoms with Crippen LogP contribution in [0.3, 0.4) is 0 Å². The summed E-state index contributed by atoms with van der Waals surface area (Å²) in [4.78, 5) is 12.7. The van der Waals surface area contributed by atoms with E-state index < -0.39 is 17.0 Å². The molecule has 0 amide bonds. The number of rotatable bonds is 6. The molecule has 0 heterocycles. The molecular weight excluding hydrogens is 300 g/mol. The fraction of sp³-hybridized carbons (Fsp3) is 0.381. The van der Waals surface area contributed by atoms with Crippen LogP contribution in [0, 0.1) is 13.8 Å². The lowest BCUT2D eigenvalue weighted by atomic mass is 9.80. The molecule has 0 aliphatic heterocycles. The van der Waals surface area contributed by atoms with Crippen LogP contribution < -0.4 is 0 Å².